The van der Waals surface area contributed by atoms with Gasteiger partial charge in [-0.15, -0.1) is 11.3 Å². The van der Waals surface area contributed by atoms with Crippen LogP contribution in [0.5, 0.6) is 0 Å². The Morgan fingerprint density at radius 1 is 1.21 bits per heavy atom. The highest BCUT2D eigenvalue weighted by molar-refractivity contribution is 7.18. The van der Waals surface area contributed by atoms with Crippen LogP contribution in [0.25, 0.3) is 10.2 Å². The van der Waals surface area contributed by atoms with Gasteiger partial charge in [-0.05, 0) is 38.2 Å². The summed E-state index contributed by atoms with van der Waals surface area (Å²) < 4.78 is 0. The van der Waals surface area contributed by atoms with Gasteiger partial charge in [-0.3, -0.25) is 0 Å². The van der Waals surface area contributed by atoms with Gasteiger partial charge >= 0.3 is 0 Å². The Morgan fingerprint density at radius 2 is 2.00 bits per heavy atom. The summed E-state index contributed by atoms with van der Waals surface area (Å²) in [5, 5.41) is 4.79. The molecule has 1 saturated carbocycles. The Kier molecular flexibility index (Phi) is 3.69. The number of fused-ring (bicyclic) bond motifs is 1. The van der Waals surface area contributed by atoms with Crippen LogP contribution in [-0.4, -0.2) is 16.5 Å². The van der Waals surface area contributed by atoms with Crippen molar-refractivity contribution >= 4 is 27.4 Å². The van der Waals surface area contributed by atoms with E-state index in [2.05, 4.69) is 29.1 Å². The summed E-state index contributed by atoms with van der Waals surface area (Å²) in [4.78, 5) is 11.3. The fourth-order valence-electron chi connectivity index (χ4n) is 2.95. The Morgan fingerprint density at radius 3 is 2.79 bits per heavy atom. The van der Waals surface area contributed by atoms with Gasteiger partial charge in [-0.25, -0.2) is 9.97 Å². The number of aryl methyl sites for hydroxylation is 2. The van der Waals surface area contributed by atoms with Crippen molar-refractivity contribution < 1.29 is 0 Å². The van der Waals surface area contributed by atoms with E-state index in [4.69, 9.17) is 0 Å². The number of aromatic nitrogens is 2. The average molecular weight is 275 g/mol. The van der Waals surface area contributed by atoms with Crippen molar-refractivity contribution in [1.82, 2.24) is 9.97 Å². The van der Waals surface area contributed by atoms with E-state index < -0.39 is 0 Å². The molecule has 0 bridgehead atoms. The fraction of sp³-hybridized carbons (Fsp3) is 0.600. The first-order valence-electron chi connectivity index (χ1n) is 7.20. The number of anilines is 1. The molecule has 1 fully saturated rings. The van der Waals surface area contributed by atoms with Gasteiger partial charge in [0, 0.05) is 11.4 Å². The number of rotatable bonds is 3. The molecule has 0 amide bonds. The summed E-state index contributed by atoms with van der Waals surface area (Å²) in [6.45, 7) is 5.39. The predicted octanol–water partition coefficient (Wildman–Crippen LogP) is 4.30. The fourth-order valence-corrected chi connectivity index (χ4v) is 3.95. The molecule has 102 valence electrons. The van der Waals surface area contributed by atoms with E-state index >= 15 is 0 Å². The second-order valence-corrected chi connectivity index (χ2v) is 6.77. The van der Waals surface area contributed by atoms with E-state index in [-0.39, 0.29) is 0 Å². The molecule has 0 saturated heterocycles. The summed E-state index contributed by atoms with van der Waals surface area (Å²) in [7, 11) is 0. The van der Waals surface area contributed by atoms with Crippen molar-refractivity contribution in [3.8, 4) is 0 Å². The van der Waals surface area contributed by atoms with Crippen LogP contribution in [0, 0.1) is 19.8 Å². The van der Waals surface area contributed by atoms with Gasteiger partial charge in [0.2, 0.25) is 0 Å². The highest BCUT2D eigenvalue weighted by atomic mass is 32.1. The summed E-state index contributed by atoms with van der Waals surface area (Å²) >= 11 is 1.76. The molecule has 0 aliphatic heterocycles. The van der Waals surface area contributed by atoms with Crippen molar-refractivity contribution in [3.05, 3.63) is 16.8 Å². The van der Waals surface area contributed by atoms with Gasteiger partial charge in [0.05, 0.1) is 5.39 Å². The van der Waals surface area contributed by atoms with Crippen LogP contribution >= 0.6 is 11.3 Å². The molecule has 2 aromatic rings. The number of thiophene rings is 1. The minimum absolute atomic E-state index is 0.818. The van der Waals surface area contributed by atoms with E-state index in [1.54, 1.807) is 17.7 Å². The molecule has 19 heavy (non-hydrogen) atoms. The number of hydrogen-bond donors (Lipinski definition) is 1. The molecular weight excluding hydrogens is 254 g/mol. The summed E-state index contributed by atoms with van der Waals surface area (Å²) in [6.07, 6.45) is 8.61. The second kappa shape index (κ2) is 5.45. The third kappa shape index (κ3) is 2.59. The molecule has 1 aliphatic carbocycles. The van der Waals surface area contributed by atoms with Gasteiger partial charge in [0.25, 0.3) is 0 Å². The quantitative estimate of drug-likeness (QED) is 0.907. The lowest BCUT2D eigenvalue weighted by Crippen LogP contribution is -2.17. The van der Waals surface area contributed by atoms with Gasteiger partial charge < -0.3 is 5.32 Å². The van der Waals surface area contributed by atoms with Crippen LogP contribution in [0.15, 0.2) is 6.33 Å². The first-order chi connectivity index (χ1) is 9.25. The predicted molar refractivity (Wildman–Crippen MR) is 82.0 cm³/mol. The van der Waals surface area contributed by atoms with Crippen LogP contribution < -0.4 is 5.32 Å². The van der Waals surface area contributed by atoms with Crippen LogP contribution in [0.4, 0.5) is 5.82 Å². The first-order valence-corrected chi connectivity index (χ1v) is 8.02. The lowest BCUT2D eigenvalue weighted by molar-refractivity contribution is 0.373. The maximum atomic E-state index is 4.45. The maximum absolute atomic E-state index is 4.45. The van der Waals surface area contributed by atoms with Crippen molar-refractivity contribution in [2.24, 2.45) is 5.92 Å². The molecule has 0 spiro atoms. The minimum atomic E-state index is 0.818. The zero-order valence-corrected chi connectivity index (χ0v) is 12.5. The van der Waals surface area contributed by atoms with E-state index in [0.717, 1.165) is 23.1 Å². The van der Waals surface area contributed by atoms with Crippen molar-refractivity contribution in [2.75, 3.05) is 11.9 Å². The van der Waals surface area contributed by atoms with Crippen LogP contribution in [0.3, 0.4) is 0 Å². The van der Waals surface area contributed by atoms with Crippen LogP contribution in [0.1, 0.15) is 42.5 Å². The summed E-state index contributed by atoms with van der Waals surface area (Å²) in [5.41, 5.74) is 1.33. The number of nitrogens with one attached hydrogen (secondary N) is 1. The largest absolute Gasteiger partial charge is 0.369 e. The zero-order chi connectivity index (χ0) is 13.2. The third-order valence-electron chi connectivity index (χ3n) is 4.25. The molecule has 2 aromatic heterocycles. The molecule has 0 unspecified atom stereocenters. The SMILES string of the molecule is Cc1sc2ncnc(NCC3CCCCC3)c2c1C. The Bertz CT molecular complexity index is 570. The molecule has 0 radical (unpaired) electrons. The molecule has 1 aliphatic rings. The molecule has 0 aromatic carbocycles. The second-order valence-electron chi connectivity index (χ2n) is 5.57. The Labute approximate surface area is 118 Å². The Balaban J connectivity index is 1.80. The summed E-state index contributed by atoms with van der Waals surface area (Å²) in [5.74, 6) is 1.84. The molecule has 3 nitrogen and oxygen atoms in total. The topological polar surface area (TPSA) is 37.8 Å². The van der Waals surface area contributed by atoms with Crippen LogP contribution in [-0.2, 0) is 0 Å². The molecule has 2 heterocycles. The molecule has 0 atom stereocenters. The highest BCUT2D eigenvalue weighted by Gasteiger charge is 2.15. The van der Waals surface area contributed by atoms with E-state index in [0.29, 0.717) is 0 Å². The minimum Gasteiger partial charge on any atom is -0.369 e. The Hall–Kier alpha value is -1.16. The van der Waals surface area contributed by atoms with Crippen molar-refractivity contribution in [1.29, 1.82) is 0 Å². The van der Waals surface area contributed by atoms with Crippen LogP contribution in [0.2, 0.25) is 0 Å². The number of hydrogen-bond acceptors (Lipinski definition) is 4. The average Bonchev–Trinajstić information content (AvgIpc) is 2.74. The summed E-state index contributed by atoms with van der Waals surface area (Å²) in [6, 6.07) is 0. The monoisotopic (exact) mass is 275 g/mol. The van der Waals surface area contributed by atoms with E-state index in [1.165, 1.54) is 47.9 Å². The van der Waals surface area contributed by atoms with Gasteiger partial charge in [-0.2, -0.15) is 0 Å². The van der Waals surface area contributed by atoms with Crippen molar-refractivity contribution in [2.45, 2.75) is 46.0 Å². The zero-order valence-electron chi connectivity index (χ0n) is 11.7. The smallest absolute Gasteiger partial charge is 0.138 e. The maximum Gasteiger partial charge on any atom is 0.138 e. The molecule has 4 heteroatoms. The third-order valence-corrected chi connectivity index (χ3v) is 5.36. The molecular formula is C15H21N3S. The van der Waals surface area contributed by atoms with Gasteiger partial charge in [-0.1, -0.05) is 19.3 Å². The van der Waals surface area contributed by atoms with Gasteiger partial charge in [0.1, 0.15) is 17.0 Å². The molecule has 1 N–H and O–H groups in total. The first kappa shape index (κ1) is 12.9. The molecule has 3 rings (SSSR count). The normalized spacial score (nSPS) is 16.9. The lowest BCUT2D eigenvalue weighted by atomic mass is 9.89. The van der Waals surface area contributed by atoms with E-state index in [9.17, 15) is 0 Å². The van der Waals surface area contributed by atoms with Gasteiger partial charge in [0.15, 0.2) is 0 Å². The highest BCUT2D eigenvalue weighted by Crippen LogP contribution is 2.33. The van der Waals surface area contributed by atoms with E-state index in [1.807, 2.05) is 0 Å². The lowest BCUT2D eigenvalue weighted by Gasteiger charge is -2.22. The standard InChI is InChI=1S/C15H21N3S/c1-10-11(2)19-15-13(10)14(17-9-18-15)16-8-12-6-4-3-5-7-12/h9,12H,3-8H2,1-2H3,(H,16,17,18). The van der Waals surface area contributed by atoms with Crippen molar-refractivity contribution in [3.63, 3.8) is 0 Å². The number of nitrogens with zero attached hydrogens (tertiary/aromatic N) is 2.